The first kappa shape index (κ1) is 24.1. The molecule has 1 saturated heterocycles. The average molecular weight is 425 g/mol. The minimum atomic E-state index is -1.59. The van der Waals surface area contributed by atoms with E-state index in [-0.39, 0.29) is 19.5 Å². The number of rotatable bonds is 6. The van der Waals surface area contributed by atoms with Crippen molar-refractivity contribution in [2.45, 2.75) is 67.5 Å². The number of nitrogens with two attached hydrogens (primary N) is 3. The predicted molar refractivity (Wildman–Crippen MR) is 95.1 cm³/mol. The molecule has 2 fully saturated rings. The standard InChI is InChI=1S/C15H31N5O9/c16-1-2-20(27)15(26)19-6-3-5(17)9(22)12(25)13(6)29-14-11(24)8(18)10(23)7(4-21)28-14/h5-14,21-25,27H,1-4,16-18H2,(H,19,26)/t5-,6+,7+,8-,9?,10+,11+,12-,13-,14+/m0/s1. The lowest BCUT2D eigenvalue weighted by Gasteiger charge is -2.46. The van der Waals surface area contributed by atoms with Gasteiger partial charge in [0.1, 0.15) is 30.5 Å². The van der Waals surface area contributed by atoms with E-state index < -0.39 is 73.7 Å². The van der Waals surface area contributed by atoms with Crippen LogP contribution in [0.3, 0.4) is 0 Å². The number of aliphatic hydroxyl groups excluding tert-OH is 5. The van der Waals surface area contributed by atoms with Crippen LogP contribution in [-0.4, -0.2) is 123 Å². The Hall–Kier alpha value is -1.17. The largest absolute Gasteiger partial charge is 0.394 e. The molecule has 10 atom stereocenters. The number of nitrogens with one attached hydrogen (secondary N) is 1. The Balaban J connectivity index is 2.17. The summed E-state index contributed by atoms with van der Waals surface area (Å²) in [6, 6.07) is -4.06. The van der Waals surface area contributed by atoms with Crippen molar-refractivity contribution < 1.29 is 45.0 Å². The van der Waals surface area contributed by atoms with E-state index >= 15 is 0 Å². The summed E-state index contributed by atoms with van der Waals surface area (Å²) in [7, 11) is 0. The summed E-state index contributed by atoms with van der Waals surface area (Å²) in [5, 5.41) is 62.4. The van der Waals surface area contributed by atoms with Crippen LogP contribution >= 0.6 is 0 Å². The van der Waals surface area contributed by atoms with Gasteiger partial charge in [-0.2, -0.15) is 0 Å². The molecule has 0 aromatic heterocycles. The number of aliphatic hydroxyl groups is 5. The molecular weight excluding hydrogens is 394 g/mol. The summed E-state index contributed by atoms with van der Waals surface area (Å²) in [6.07, 6.45) is -9.88. The number of amides is 2. The Morgan fingerprint density at radius 2 is 1.79 bits per heavy atom. The van der Waals surface area contributed by atoms with E-state index in [1.54, 1.807) is 0 Å². The molecule has 1 saturated carbocycles. The SMILES string of the molecule is NCCN(O)C(=O)N[C@@H]1C[C@H](N)C(O)[C@H](O)[C@H]1O[C@H]1O[C@H](CO)[C@@H](O)[C@H](N)[C@H]1O. The van der Waals surface area contributed by atoms with Crippen molar-refractivity contribution in [2.24, 2.45) is 17.2 Å². The fraction of sp³-hybridized carbons (Fsp3) is 0.933. The molecule has 170 valence electrons. The van der Waals surface area contributed by atoms with Gasteiger partial charge >= 0.3 is 6.03 Å². The number of urea groups is 1. The van der Waals surface area contributed by atoms with E-state index in [4.69, 9.17) is 26.7 Å². The number of hydrogen-bond donors (Lipinski definition) is 10. The van der Waals surface area contributed by atoms with Gasteiger partial charge in [0, 0.05) is 12.6 Å². The predicted octanol–water partition coefficient (Wildman–Crippen LogP) is -5.68. The highest BCUT2D eigenvalue weighted by atomic mass is 16.7. The molecule has 2 amide bonds. The van der Waals surface area contributed by atoms with Crippen LogP contribution in [0.2, 0.25) is 0 Å². The Labute approximate surface area is 166 Å². The first-order chi connectivity index (χ1) is 13.6. The number of carbonyl (C=O) groups excluding carboxylic acids is 1. The third kappa shape index (κ3) is 5.31. The lowest BCUT2D eigenvalue weighted by Crippen LogP contribution is -2.68. The monoisotopic (exact) mass is 425 g/mol. The zero-order chi connectivity index (χ0) is 21.9. The molecule has 2 aliphatic rings. The van der Waals surface area contributed by atoms with Gasteiger partial charge in [0.25, 0.3) is 0 Å². The third-order valence-corrected chi connectivity index (χ3v) is 5.16. The highest BCUT2D eigenvalue weighted by Gasteiger charge is 2.49. The second-order valence-corrected chi connectivity index (χ2v) is 7.23. The van der Waals surface area contributed by atoms with Gasteiger partial charge in [-0.3, -0.25) is 5.21 Å². The summed E-state index contributed by atoms with van der Waals surface area (Å²) in [5.41, 5.74) is 16.8. The minimum absolute atomic E-state index is 0.000236. The Morgan fingerprint density at radius 3 is 2.38 bits per heavy atom. The summed E-state index contributed by atoms with van der Waals surface area (Å²) >= 11 is 0. The van der Waals surface area contributed by atoms with E-state index in [2.05, 4.69) is 5.32 Å². The molecule has 13 N–H and O–H groups in total. The number of nitrogens with zero attached hydrogens (tertiary/aromatic N) is 1. The quantitative estimate of drug-likeness (QED) is 0.141. The molecule has 1 aliphatic heterocycles. The highest BCUT2D eigenvalue weighted by Crippen LogP contribution is 2.28. The van der Waals surface area contributed by atoms with Gasteiger partial charge in [-0.05, 0) is 6.42 Å². The van der Waals surface area contributed by atoms with E-state index in [0.29, 0.717) is 5.06 Å². The van der Waals surface area contributed by atoms with E-state index in [0.717, 1.165) is 0 Å². The average Bonchev–Trinajstić information content (AvgIpc) is 2.69. The summed E-state index contributed by atoms with van der Waals surface area (Å²) in [6.45, 7) is -0.766. The fourth-order valence-corrected chi connectivity index (χ4v) is 3.41. The van der Waals surface area contributed by atoms with E-state index in [9.17, 15) is 35.5 Å². The van der Waals surface area contributed by atoms with Crippen molar-refractivity contribution in [3.05, 3.63) is 0 Å². The minimum Gasteiger partial charge on any atom is -0.394 e. The molecule has 1 unspecified atom stereocenters. The van der Waals surface area contributed by atoms with Crippen molar-refractivity contribution in [3.8, 4) is 0 Å². The molecule has 14 heteroatoms. The fourth-order valence-electron chi connectivity index (χ4n) is 3.41. The molecule has 0 aromatic carbocycles. The number of carbonyl (C=O) groups is 1. The van der Waals surface area contributed by atoms with Crippen molar-refractivity contribution >= 4 is 6.03 Å². The molecule has 29 heavy (non-hydrogen) atoms. The van der Waals surface area contributed by atoms with E-state index in [1.807, 2.05) is 0 Å². The van der Waals surface area contributed by atoms with Crippen LogP contribution < -0.4 is 22.5 Å². The van der Waals surface area contributed by atoms with Crippen molar-refractivity contribution in [3.63, 3.8) is 0 Å². The number of ether oxygens (including phenoxy) is 2. The number of hydroxylamine groups is 2. The molecule has 1 aliphatic carbocycles. The third-order valence-electron chi connectivity index (χ3n) is 5.16. The maximum absolute atomic E-state index is 12.1. The highest BCUT2D eigenvalue weighted by molar-refractivity contribution is 5.73. The van der Waals surface area contributed by atoms with Crippen LogP contribution in [0.15, 0.2) is 0 Å². The van der Waals surface area contributed by atoms with Crippen molar-refractivity contribution in [2.75, 3.05) is 19.7 Å². The summed E-state index contributed by atoms with van der Waals surface area (Å²) in [5.74, 6) is 0. The van der Waals surface area contributed by atoms with Gasteiger partial charge in [-0.25, -0.2) is 9.86 Å². The molecule has 0 aromatic rings. The summed E-state index contributed by atoms with van der Waals surface area (Å²) in [4.78, 5) is 12.1. The zero-order valence-electron chi connectivity index (χ0n) is 15.7. The van der Waals surface area contributed by atoms with Crippen LogP contribution in [0.5, 0.6) is 0 Å². The van der Waals surface area contributed by atoms with Crippen LogP contribution in [0.4, 0.5) is 4.79 Å². The first-order valence-corrected chi connectivity index (χ1v) is 9.24. The van der Waals surface area contributed by atoms with Gasteiger partial charge in [-0.1, -0.05) is 0 Å². The van der Waals surface area contributed by atoms with Gasteiger partial charge in [-0.15, -0.1) is 0 Å². The van der Waals surface area contributed by atoms with E-state index in [1.165, 1.54) is 0 Å². The van der Waals surface area contributed by atoms with Crippen LogP contribution in [0, 0.1) is 0 Å². The maximum Gasteiger partial charge on any atom is 0.341 e. The van der Waals surface area contributed by atoms with Crippen LogP contribution in [0.1, 0.15) is 6.42 Å². The van der Waals surface area contributed by atoms with Gasteiger partial charge in [0.05, 0.1) is 31.3 Å². The van der Waals surface area contributed by atoms with Gasteiger partial charge < -0.3 is 57.5 Å². The molecule has 0 bridgehead atoms. The van der Waals surface area contributed by atoms with Crippen molar-refractivity contribution in [1.82, 2.24) is 10.4 Å². The Morgan fingerprint density at radius 1 is 1.14 bits per heavy atom. The second-order valence-electron chi connectivity index (χ2n) is 7.23. The van der Waals surface area contributed by atoms with Gasteiger partial charge in [0.15, 0.2) is 6.29 Å². The Bertz CT molecular complexity index is 544. The van der Waals surface area contributed by atoms with Crippen LogP contribution in [0.25, 0.3) is 0 Å². The second kappa shape index (κ2) is 10.2. The number of hydrogen-bond acceptors (Lipinski definition) is 12. The zero-order valence-corrected chi connectivity index (χ0v) is 15.7. The topological polar surface area (TPSA) is 250 Å². The summed E-state index contributed by atoms with van der Waals surface area (Å²) < 4.78 is 10.9. The maximum atomic E-state index is 12.1. The van der Waals surface area contributed by atoms with Gasteiger partial charge in [0.2, 0.25) is 0 Å². The Kier molecular flexibility index (Phi) is 8.50. The van der Waals surface area contributed by atoms with Crippen LogP contribution in [-0.2, 0) is 9.47 Å². The molecule has 14 nitrogen and oxygen atoms in total. The normalized spacial score (nSPS) is 43.1. The molecule has 0 radical (unpaired) electrons. The smallest absolute Gasteiger partial charge is 0.341 e. The van der Waals surface area contributed by atoms with Crippen molar-refractivity contribution in [1.29, 1.82) is 0 Å². The first-order valence-electron chi connectivity index (χ1n) is 9.24. The molecule has 2 rings (SSSR count). The molecular formula is C15H31N5O9. The molecule has 0 spiro atoms. The lowest BCUT2D eigenvalue weighted by molar-refractivity contribution is -0.305. The molecule has 1 heterocycles. The lowest BCUT2D eigenvalue weighted by atomic mass is 9.84.